The van der Waals surface area contributed by atoms with Gasteiger partial charge in [-0.15, -0.1) is 0 Å². The average Bonchev–Trinajstić information content (AvgIpc) is 2.39. The van der Waals surface area contributed by atoms with Crippen LogP contribution in [0.3, 0.4) is 0 Å². The Labute approximate surface area is 118 Å². The van der Waals surface area contributed by atoms with Gasteiger partial charge in [0.15, 0.2) is 0 Å². The fourth-order valence-corrected chi connectivity index (χ4v) is 3.19. The summed E-state index contributed by atoms with van der Waals surface area (Å²) < 4.78 is 0.935. The van der Waals surface area contributed by atoms with E-state index in [1.165, 1.54) is 25.7 Å². The fraction of sp³-hybridized carbons (Fsp3) is 0.714. The van der Waals surface area contributed by atoms with Crippen LogP contribution in [-0.2, 0) is 0 Å². The van der Waals surface area contributed by atoms with Gasteiger partial charge in [-0.1, -0.05) is 13.8 Å². The van der Waals surface area contributed by atoms with Crippen LogP contribution >= 0.6 is 15.9 Å². The van der Waals surface area contributed by atoms with Gasteiger partial charge in [0.05, 0.1) is 4.47 Å². The molecule has 100 valence electrons. The van der Waals surface area contributed by atoms with Crippen LogP contribution in [0.5, 0.6) is 0 Å². The Balaban J connectivity index is 2.05. The van der Waals surface area contributed by atoms with Crippen LogP contribution in [0.4, 0.5) is 5.82 Å². The van der Waals surface area contributed by atoms with Crippen molar-refractivity contribution in [2.75, 3.05) is 12.4 Å². The van der Waals surface area contributed by atoms with Gasteiger partial charge in [0.25, 0.3) is 0 Å². The molecule has 1 aromatic heterocycles. The molecular weight excluding hydrogens is 290 g/mol. The van der Waals surface area contributed by atoms with Gasteiger partial charge in [-0.2, -0.15) is 0 Å². The summed E-state index contributed by atoms with van der Waals surface area (Å²) in [6.07, 6.45) is 6.96. The number of aromatic nitrogens is 2. The lowest BCUT2D eigenvalue weighted by Crippen LogP contribution is -2.19. The second-order valence-corrected chi connectivity index (χ2v) is 6.38. The molecule has 0 amide bonds. The monoisotopic (exact) mass is 311 g/mol. The highest BCUT2D eigenvalue weighted by Crippen LogP contribution is 2.37. The maximum atomic E-state index is 4.62. The van der Waals surface area contributed by atoms with Crippen LogP contribution in [-0.4, -0.2) is 17.0 Å². The van der Waals surface area contributed by atoms with Gasteiger partial charge < -0.3 is 5.32 Å². The molecule has 1 aliphatic carbocycles. The summed E-state index contributed by atoms with van der Waals surface area (Å²) in [5.74, 6) is 4.14. The summed E-state index contributed by atoms with van der Waals surface area (Å²) in [7, 11) is 1.90. The second kappa shape index (κ2) is 6.00. The number of halogens is 1. The Hall–Kier alpha value is -0.640. The van der Waals surface area contributed by atoms with Crippen molar-refractivity contribution in [3.05, 3.63) is 16.5 Å². The molecule has 1 saturated carbocycles. The molecule has 18 heavy (non-hydrogen) atoms. The number of hydrogen-bond acceptors (Lipinski definition) is 3. The fourth-order valence-electron chi connectivity index (χ4n) is 2.80. The smallest absolute Gasteiger partial charge is 0.143 e. The third-order valence-corrected chi connectivity index (χ3v) is 4.66. The maximum absolute atomic E-state index is 4.62. The van der Waals surface area contributed by atoms with Gasteiger partial charge in [-0.25, -0.2) is 9.97 Å². The molecule has 1 aliphatic rings. The number of hydrogen-bond donors (Lipinski definition) is 1. The van der Waals surface area contributed by atoms with Gasteiger partial charge in [0.2, 0.25) is 0 Å². The van der Waals surface area contributed by atoms with Crippen molar-refractivity contribution in [1.82, 2.24) is 9.97 Å². The van der Waals surface area contributed by atoms with Gasteiger partial charge in [0.1, 0.15) is 11.6 Å². The van der Waals surface area contributed by atoms with E-state index in [1.807, 2.05) is 13.2 Å². The van der Waals surface area contributed by atoms with E-state index in [-0.39, 0.29) is 0 Å². The highest BCUT2D eigenvalue weighted by atomic mass is 79.9. The predicted molar refractivity (Wildman–Crippen MR) is 78.8 cm³/mol. The zero-order valence-electron chi connectivity index (χ0n) is 11.4. The van der Waals surface area contributed by atoms with E-state index >= 15 is 0 Å². The lowest BCUT2D eigenvalue weighted by molar-refractivity contribution is 0.255. The number of nitrogens with zero attached hydrogens (tertiary/aromatic N) is 2. The molecule has 1 fully saturated rings. The minimum Gasteiger partial charge on any atom is -0.372 e. The highest BCUT2D eigenvalue weighted by Gasteiger charge is 2.26. The first-order chi connectivity index (χ1) is 8.61. The molecule has 0 bridgehead atoms. The molecule has 2 rings (SSSR count). The first-order valence-electron chi connectivity index (χ1n) is 6.82. The van der Waals surface area contributed by atoms with Crippen LogP contribution in [0.2, 0.25) is 0 Å². The third-order valence-electron chi connectivity index (χ3n) is 4.08. The van der Waals surface area contributed by atoms with Crippen LogP contribution in [0.15, 0.2) is 10.7 Å². The Bertz CT molecular complexity index is 398. The molecule has 4 heteroatoms. The highest BCUT2D eigenvalue weighted by molar-refractivity contribution is 9.10. The minimum absolute atomic E-state index is 0.542. The summed E-state index contributed by atoms with van der Waals surface area (Å²) in [6, 6.07) is 0. The Kier molecular flexibility index (Phi) is 4.60. The SMILES string of the molecule is CNc1nc(C2CCC(C(C)C)CC2)ncc1Br. The zero-order valence-corrected chi connectivity index (χ0v) is 13.0. The number of rotatable bonds is 3. The van der Waals surface area contributed by atoms with E-state index in [2.05, 4.69) is 45.1 Å². The largest absolute Gasteiger partial charge is 0.372 e. The Morgan fingerprint density at radius 1 is 1.28 bits per heavy atom. The van der Waals surface area contributed by atoms with Crippen LogP contribution in [0, 0.1) is 11.8 Å². The summed E-state index contributed by atoms with van der Waals surface area (Å²) in [5, 5.41) is 3.10. The van der Waals surface area contributed by atoms with Crippen LogP contribution in [0.1, 0.15) is 51.3 Å². The summed E-state index contributed by atoms with van der Waals surface area (Å²) in [4.78, 5) is 9.10. The molecule has 0 aliphatic heterocycles. The minimum atomic E-state index is 0.542. The summed E-state index contributed by atoms with van der Waals surface area (Å²) in [5.41, 5.74) is 0. The van der Waals surface area contributed by atoms with E-state index in [4.69, 9.17) is 0 Å². The quantitative estimate of drug-likeness (QED) is 0.908. The van der Waals surface area contributed by atoms with Crippen molar-refractivity contribution in [2.24, 2.45) is 11.8 Å². The van der Waals surface area contributed by atoms with Crippen molar-refractivity contribution in [3.8, 4) is 0 Å². The van der Waals surface area contributed by atoms with E-state index in [0.717, 1.165) is 28.0 Å². The molecule has 1 heterocycles. The zero-order chi connectivity index (χ0) is 13.1. The predicted octanol–water partition coefficient (Wildman–Crippen LogP) is 4.21. The molecule has 1 aromatic rings. The third kappa shape index (κ3) is 3.02. The lowest BCUT2D eigenvalue weighted by Gasteiger charge is -2.30. The van der Waals surface area contributed by atoms with E-state index in [0.29, 0.717) is 5.92 Å². The molecule has 0 aromatic carbocycles. The van der Waals surface area contributed by atoms with Gasteiger partial charge in [-0.05, 0) is 53.4 Å². The van der Waals surface area contributed by atoms with Crippen LogP contribution in [0.25, 0.3) is 0 Å². The summed E-state index contributed by atoms with van der Waals surface area (Å²) >= 11 is 3.46. The van der Waals surface area contributed by atoms with Crippen molar-refractivity contribution >= 4 is 21.7 Å². The summed E-state index contributed by atoms with van der Waals surface area (Å²) in [6.45, 7) is 4.67. The maximum Gasteiger partial charge on any atom is 0.143 e. The molecular formula is C14H22BrN3. The molecule has 0 saturated heterocycles. The second-order valence-electron chi connectivity index (χ2n) is 5.53. The Morgan fingerprint density at radius 3 is 2.50 bits per heavy atom. The topological polar surface area (TPSA) is 37.8 Å². The van der Waals surface area contributed by atoms with E-state index in [9.17, 15) is 0 Å². The molecule has 3 nitrogen and oxygen atoms in total. The molecule has 0 spiro atoms. The van der Waals surface area contributed by atoms with Gasteiger partial charge in [0, 0.05) is 19.2 Å². The molecule has 1 N–H and O–H groups in total. The number of nitrogens with one attached hydrogen (secondary N) is 1. The standard InChI is InChI=1S/C14H22BrN3/c1-9(2)10-4-6-11(7-5-10)13-17-8-12(15)14(16-3)18-13/h8-11H,4-7H2,1-3H3,(H,16,17,18). The molecule has 0 radical (unpaired) electrons. The van der Waals surface area contributed by atoms with Crippen LogP contribution < -0.4 is 5.32 Å². The first-order valence-corrected chi connectivity index (χ1v) is 7.61. The van der Waals surface area contributed by atoms with E-state index in [1.54, 1.807) is 0 Å². The first kappa shape index (κ1) is 13.8. The van der Waals surface area contributed by atoms with Gasteiger partial charge in [-0.3, -0.25) is 0 Å². The molecule has 0 unspecified atom stereocenters. The van der Waals surface area contributed by atoms with Crippen molar-refractivity contribution < 1.29 is 0 Å². The van der Waals surface area contributed by atoms with Gasteiger partial charge >= 0.3 is 0 Å². The lowest BCUT2D eigenvalue weighted by atomic mass is 9.77. The Morgan fingerprint density at radius 2 is 1.94 bits per heavy atom. The normalized spacial score (nSPS) is 24.3. The van der Waals surface area contributed by atoms with E-state index < -0.39 is 0 Å². The van der Waals surface area contributed by atoms with Crippen molar-refractivity contribution in [1.29, 1.82) is 0 Å². The van der Waals surface area contributed by atoms with Crippen molar-refractivity contribution in [2.45, 2.75) is 45.4 Å². The molecule has 0 atom stereocenters. The van der Waals surface area contributed by atoms with Crippen molar-refractivity contribution in [3.63, 3.8) is 0 Å². The average molecular weight is 312 g/mol. The number of anilines is 1.